The average Bonchev–Trinajstić information content (AvgIpc) is 1.69. The zero-order valence-corrected chi connectivity index (χ0v) is 5.32. The van der Waals surface area contributed by atoms with Crippen molar-refractivity contribution in [1.29, 1.82) is 0 Å². The predicted octanol–water partition coefficient (Wildman–Crippen LogP) is 2.06. The molecule has 0 aromatic heterocycles. The van der Waals surface area contributed by atoms with Crippen molar-refractivity contribution in [3.8, 4) is 0 Å². The fourth-order valence-corrected chi connectivity index (χ4v) is 1.21. The van der Waals surface area contributed by atoms with Crippen LogP contribution in [0.1, 0.15) is 25.7 Å². The minimum Gasteiger partial charge on any atom is -0.176 e. The van der Waals surface area contributed by atoms with Crippen LogP contribution < -0.4 is 0 Å². The van der Waals surface area contributed by atoms with Crippen molar-refractivity contribution in [3.63, 3.8) is 0 Å². The van der Waals surface area contributed by atoms with Crippen molar-refractivity contribution in [2.24, 2.45) is 0 Å². The molecule has 1 heteroatoms. The lowest BCUT2D eigenvalue weighted by molar-refractivity contribution is 0.611. The molecule has 1 aliphatic rings. The minimum absolute atomic E-state index is 0.699. The molecule has 0 radical (unpaired) electrons. The van der Waals surface area contributed by atoms with E-state index in [2.05, 4.69) is 19.0 Å². The van der Waals surface area contributed by atoms with E-state index in [9.17, 15) is 0 Å². The van der Waals surface area contributed by atoms with E-state index >= 15 is 0 Å². The molecule has 0 aromatic rings. The lowest BCUT2D eigenvalue weighted by Crippen LogP contribution is -2.04. The van der Waals surface area contributed by atoms with E-state index in [4.69, 9.17) is 0 Å². The Morgan fingerprint density at radius 2 is 1.86 bits per heavy atom. The first-order valence-electron chi connectivity index (χ1n) is 2.89. The molecule has 1 rings (SSSR count). The van der Waals surface area contributed by atoms with E-state index in [0.717, 1.165) is 0 Å². The molecule has 0 atom stereocenters. The van der Waals surface area contributed by atoms with Crippen LogP contribution in [-0.2, 0) is 0 Å². The monoisotopic (exact) mass is 115 g/mol. The summed E-state index contributed by atoms with van der Waals surface area (Å²) in [4.78, 5) is 0. The van der Waals surface area contributed by atoms with Crippen molar-refractivity contribution in [3.05, 3.63) is 6.42 Å². The highest BCUT2D eigenvalue weighted by atomic mass is 32.1. The van der Waals surface area contributed by atoms with Gasteiger partial charge in [-0.25, -0.2) is 0 Å². The SMILES string of the molecule is SC1CC[CH+]CC1. The molecule has 0 nitrogen and oxygen atoms in total. The van der Waals surface area contributed by atoms with Crippen LogP contribution in [-0.4, -0.2) is 5.25 Å². The van der Waals surface area contributed by atoms with Crippen LogP contribution in [0.4, 0.5) is 0 Å². The molecule has 0 unspecified atom stereocenters. The van der Waals surface area contributed by atoms with Crippen molar-refractivity contribution in [2.75, 3.05) is 0 Å². The van der Waals surface area contributed by atoms with Gasteiger partial charge >= 0.3 is 0 Å². The Morgan fingerprint density at radius 3 is 2.14 bits per heavy atom. The van der Waals surface area contributed by atoms with Crippen LogP contribution in [0.3, 0.4) is 0 Å². The van der Waals surface area contributed by atoms with Crippen LogP contribution in [0.25, 0.3) is 0 Å². The first-order chi connectivity index (χ1) is 3.39. The quantitative estimate of drug-likeness (QED) is 0.362. The Labute approximate surface area is 50.7 Å². The number of hydrogen-bond acceptors (Lipinski definition) is 1. The van der Waals surface area contributed by atoms with E-state index in [1.807, 2.05) is 0 Å². The normalized spacial score (nSPS) is 24.1. The largest absolute Gasteiger partial charge is 0.176 e. The third kappa shape index (κ3) is 1.64. The molecule has 40 valence electrons. The summed E-state index contributed by atoms with van der Waals surface area (Å²) in [5, 5.41) is 0.699. The molecule has 0 N–H and O–H groups in total. The van der Waals surface area contributed by atoms with Crippen LogP contribution in [0.15, 0.2) is 0 Å². The van der Waals surface area contributed by atoms with E-state index in [0.29, 0.717) is 5.25 Å². The molecular weight excluding hydrogens is 104 g/mol. The maximum atomic E-state index is 4.34. The minimum atomic E-state index is 0.699. The summed E-state index contributed by atoms with van der Waals surface area (Å²) in [5.41, 5.74) is 0. The Morgan fingerprint density at radius 1 is 1.29 bits per heavy atom. The molecule has 0 heterocycles. The van der Waals surface area contributed by atoms with Gasteiger partial charge in [-0.15, -0.1) is 0 Å². The first kappa shape index (κ1) is 5.36. The summed E-state index contributed by atoms with van der Waals surface area (Å²) in [5.74, 6) is 0. The number of rotatable bonds is 0. The van der Waals surface area contributed by atoms with Crippen molar-refractivity contribution in [2.45, 2.75) is 30.9 Å². The highest BCUT2D eigenvalue weighted by Crippen LogP contribution is 2.20. The first-order valence-corrected chi connectivity index (χ1v) is 3.41. The van der Waals surface area contributed by atoms with Crippen molar-refractivity contribution in [1.82, 2.24) is 0 Å². The van der Waals surface area contributed by atoms with Gasteiger partial charge in [0.25, 0.3) is 0 Å². The highest BCUT2D eigenvalue weighted by Gasteiger charge is 2.13. The molecule has 0 aromatic carbocycles. The zero-order valence-electron chi connectivity index (χ0n) is 4.43. The second-order valence-electron chi connectivity index (χ2n) is 2.10. The van der Waals surface area contributed by atoms with E-state index in [-0.39, 0.29) is 0 Å². The van der Waals surface area contributed by atoms with Gasteiger partial charge in [0.2, 0.25) is 0 Å². The summed E-state index contributed by atoms with van der Waals surface area (Å²) in [6, 6.07) is 0. The topological polar surface area (TPSA) is 0 Å². The van der Waals surface area contributed by atoms with Crippen LogP contribution >= 0.6 is 12.6 Å². The van der Waals surface area contributed by atoms with Crippen LogP contribution in [0.2, 0.25) is 0 Å². The Bertz CT molecular complexity index is 46.1. The summed E-state index contributed by atoms with van der Waals surface area (Å²) in [7, 11) is 0. The second-order valence-corrected chi connectivity index (χ2v) is 2.83. The van der Waals surface area contributed by atoms with Crippen molar-refractivity contribution < 1.29 is 0 Å². The second kappa shape index (κ2) is 2.51. The number of hydrogen-bond donors (Lipinski definition) is 1. The lowest BCUT2D eigenvalue weighted by atomic mass is 10.0. The van der Waals surface area contributed by atoms with Crippen LogP contribution in [0.5, 0.6) is 0 Å². The molecule has 0 spiro atoms. The Kier molecular flexibility index (Phi) is 1.92. The predicted molar refractivity (Wildman–Crippen MR) is 35.5 cm³/mol. The highest BCUT2D eigenvalue weighted by molar-refractivity contribution is 7.80. The zero-order chi connectivity index (χ0) is 5.11. The van der Waals surface area contributed by atoms with Gasteiger partial charge in [-0.1, -0.05) is 0 Å². The Hall–Kier alpha value is 0.220. The van der Waals surface area contributed by atoms with Gasteiger partial charge < -0.3 is 0 Å². The molecule has 7 heavy (non-hydrogen) atoms. The van der Waals surface area contributed by atoms with Gasteiger partial charge in [-0.05, 0) is 12.8 Å². The summed E-state index contributed by atoms with van der Waals surface area (Å²) in [6.45, 7) is 0. The smallest absolute Gasteiger partial charge is 0.0885 e. The third-order valence-corrected chi connectivity index (χ3v) is 1.92. The van der Waals surface area contributed by atoms with Gasteiger partial charge in [0.1, 0.15) is 0 Å². The average molecular weight is 115 g/mol. The van der Waals surface area contributed by atoms with Gasteiger partial charge in [-0.2, -0.15) is 12.6 Å². The lowest BCUT2D eigenvalue weighted by Gasteiger charge is -2.08. The molecule has 1 aliphatic carbocycles. The molecule has 0 bridgehead atoms. The molecule has 0 aliphatic heterocycles. The van der Waals surface area contributed by atoms with E-state index in [1.165, 1.54) is 25.7 Å². The van der Waals surface area contributed by atoms with Gasteiger partial charge in [0, 0.05) is 5.25 Å². The summed E-state index contributed by atoms with van der Waals surface area (Å²) < 4.78 is 0. The maximum absolute atomic E-state index is 4.34. The van der Waals surface area contributed by atoms with Gasteiger partial charge in [0.05, 0.1) is 19.3 Å². The molecule has 1 fully saturated rings. The number of thiol groups is 1. The Balaban J connectivity index is 2.12. The fourth-order valence-electron chi connectivity index (χ4n) is 0.909. The maximum Gasteiger partial charge on any atom is 0.0885 e. The molecule has 1 saturated carbocycles. The molecular formula is C6H11S+. The van der Waals surface area contributed by atoms with Crippen molar-refractivity contribution >= 4 is 12.6 Å². The fraction of sp³-hybridized carbons (Fsp3) is 0.833. The van der Waals surface area contributed by atoms with Gasteiger partial charge in [-0.3, -0.25) is 0 Å². The van der Waals surface area contributed by atoms with E-state index in [1.54, 1.807) is 0 Å². The molecule has 0 amide bonds. The molecule has 0 saturated heterocycles. The standard InChI is InChI=1S/C6H10S/c7-6-4-2-1-3-5-6/h1,6H,2-5H2/p+1. The summed E-state index contributed by atoms with van der Waals surface area (Å²) >= 11 is 4.34. The van der Waals surface area contributed by atoms with Crippen LogP contribution in [0, 0.1) is 6.42 Å². The summed E-state index contributed by atoms with van der Waals surface area (Å²) in [6.07, 6.45) is 7.52. The van der Waals surface area contributed by atoms with Gasteiger partial charge in [0.15, 0.2) is 0 Å². The third-order valence-electron chi connectivity index (χ3n) is 1.41. The van der Waals surface area contributed by atoms with E-state index < -0.39 is 0 Å².